The number of fused-ring (bicyclic) bond motifs is 3. The molecule has 1 aromatic heterocycles. The van der Waals surface area contributed by atoms with Gasteiger partial charge < -0.3 is 24.8 Å². The number of aryl methyl sites for hydroxylation is 1. The summed E-state index contributed by atoms with van der Waals surface area (Å²) in [4.78, 5) is 31.1. The van der Waals surface area contributed by atoms with Gasteiger partial charge in [0.15, 0.2) is 0 Å². The van der Waals surface area contributed by atoms with Gasteiger partial charge in [-0.05, 0) is 67.3 Å². The molecular weight excluding hydrogens is 511 g/mol. The number of carbonyl (C=O) groups is 1. The van der Waals surface area contributed by atoms with Gasteiger partial charge in [-0.15, -0.1) is 0 Å². The van der Waals surface area contributed by atoms with Crippen LogP contribution in [0.1, 0.15) is 93.0 Å². The highest BCUT2D eigenvalue weighted by molar-refractivity contribution is 7.51. The summed E-state index contributed by atoms with van der Waals surface area (Å²) in [6, 6.07) is 14.6. The molecule has 1 unspecified atom stereocenters. The smallest absolute Gasteiger partial charge is 0.325 e. The lowest BCUT2D eigenvalue weighted by molar-refractivity contribution is -0.119. The molecule has 1 amide bonds. The molecule has 1 atom stereocenters. The lowest BCUT2D eigenvalue weighted by Gasteiger charge is -2.22. The van der Waals surface area contributed by atoms with E-state index in [2.05, 4.69) is 35.8 Å². The maximum atomic E-state index is 12.5. The molecule has 2 aromatic carbocycles. The number of carbonyl (C=O) groups excluding carboxylic acids is 1. The van der Waals surface area contributed by atoms with Gasteiger partial charge in [-0.2, -0.15) is 0 Å². The minimum Gasteiger partial charge on any atom is -0.493 e. The molecule has 0 aliphatic heterocycles. The highest BCUT2D eigenvalue weighted by Gasteiger charge is 2.31. The number of rotatable bonds is 15. The number of amides is 1. The highest BCUT2D eigenvalue weighted by Crippen LogP contribution is 2.42. The fourth-order valence-corrected chi connectivity index (χ4v) is 6.42. The maximum Gasteiger partial charge on any atom is 0.325 e. The molecular formula is C31H43N2O5P. The van der Waals surface area contributed by atoms with Crippen molar-refractivity contribution in [1.82, 2.24) is 4.57 Å². The second-order valence-electron chi connectivity index (χ2n) is 10.9. The fourth-order valence-electron chi connectivity index (χ4n) is 5.88. The van der Waals surface area contributed by atoms with Crippen molar-refractivity contribution in [2.45, 2.75) is 90.0 Å². The molecule has 39 heavy (non-hydrogen) atoms. The van der Waals surface area contributed by atoms with Crippen molar-refractivity contribution in [1.29, 1.82) is 0 Å². The number of unbranched alkanes of at least 4 members (excludes halogenated alkanes) is 5. The van der Waals surface area contributed by atoms with Crippen molar-refractivity contribution < 1.29 is 23.9 Å². The second kappa shape index (κ2) is 13.6. The third kappa shape index (κ3) is 7.75. The number of hydrogen-bond acceptors (Lipinski definition) is 3. The first-order chi connectivity index (χ1) is 18.8. The molecule has 4 N–H and O–H groups in total. The number of nitrogens with two attached hydrogens (primary N) is 1. The summed E-state index contributed by atoms with van der Waals surface area (Å²) < 4.78 is 19.9. The second-order valence-corrected chi connectivity index (χ2v) is 12.6. The van der Waals surface area contributed by atoms with E-state index in [9.17, 15) is 19.1 Å². The van der Waals surface area contributed by atoms with E-state index in [0.717, 1.165) is 72.8 Å². The van der Waals surface area contributed by atoms with Crippen molar-refractivity contribution in [3.05, 3.63) is 64.8 Å². The summed E-state index contributed by atoms with van der Waals surface area (Å²) in [6.45, 7) is 3.17. The lowest BCUT2D eigenvalue weighted by Crippen LogP contribution is -2.25. The molecule has 0 fully saturated rings. The van der Waals surface area contributed by atoms with Gasteiger partial charge in [0.1, 0.15) is 5.75 Å². The predicted octanol–water partition coefficient (Wildman–Crippen LogP) is 6.44. The average molecular weight is 555 g/mol. The van der Waals surface area contributed by atoms with Crippen molar-refractivity contribution in [2.75, 3.05) is 12.8 Å². The van der Waals surface area contributed by atoms with Gasteiger partial charge in [0, 0.05) is 23.1 Å². The maximum absolute atomic E-state index is 12.5. The molecule has 0 saturated heterocycles. The zero-order chi connectivity index (χ0) is 27.8. The molecule has 4 rings (SSSR count). The summed E-state index contributed by atoms with van der Waals surface area (Å²) in [5.74, 6) is 0.116. The Morgan fingerprint density at radius 3 is 2.54 bits per heavy atom. The van der Waals surface area contributed by atoms with Gasteiger partial charge in [0.05, 0.1) is 18.7 Å². The van der Waals surface area contributed by atoms with Crippen LogP contribution < -0.4 is 10.5 Å². The Morgan fingerprint density at radius 1 is 1.08 bits per heavy atom. The van der Waals surface area contributed by atoms with Crippen LogP contribution in [0.25, 0.3) is 10.9 Å². The first-order valence-electron chi connectivity index (χ1n) is 14.5. The fraction of sp³-hybridized carbons (Fsp3) is 0.516. The quantitative estimate of drug-likeness (QED) is 0.148. The Morgan fingerprint density at radius 2 is 1.82 bits per heavy atom. The van der Waals surface area contributed by atoms with Gasteiger partial charge in [-0.3, -0.25) is 9.36 Å². The molecule has 7 nitrogen and oxygen atoms in total. The van der Waals surface area contributed by atoms with E-state index in [-0.39, 0.29) is 31.0 Å². The van der Waals surface area contributed by atoms with E-state index in [1.165, 1.54) is 36.9 Å². The SMILES string of the molecule is CCCCCCCCc1cc2c(cc1OCCCP(=O)(O)O)c1c(n2Cc2ccccc2)CCCC1C(N)=O. The molecule has 1 heterocycles. The van der Waals surface area contributed by atoms with E-state index < -0.39 is 7.60 Å². The summed E-state index contributed by atoms with van der Waals surface area (Å²) in [7, 11) is -4.07. The van der Waals surface area contributed by atoms with E-state index in [4.69, 9.17) is 10.5 Å². The summed E-state index contributed by atoms with van der Waals surface area (Å²) >= 11 is 0. The van der Waals surface area contributed by atoms with Crippen LogP contribution in [0.3, 0.4) is 0 Å². The van der Waals surface area contributed by atoms with Crippen molar-refractivity contribution >= 4 is 24.4 Å². The molecule has 8 heteroatoms. The number of nitrogens with zero attached hydrogens (tertiary/aromatic N) is 1. The van der Waals surface area contributed by atoms with E-state index in [0.29, 0.717) is 0 Å². The van der Waals surface area contributed by atoms with Crippen molar-refractivity contribution in [3.63, 3.8) is 0 Å². The summed E-state index contributed by atoms with van der Waals surface area (Å²) in [5, 5.41) is 1.00. The third-order valence-corrected chi connectivity index (χ3v) is 8.73. The number of ether oxygens (including phenoxy) is 1. The minimum absolute atomic E-state index is 0.200. The van der Waals surface area contributed by atoms with Crippen LogP contribution in [-0.4, -0.2) is 33.0 Å². The van der Waals surface area contributed by atoms with Crippen LogP contribution in [0.4, 0.5) is 0 Å². The first kappa shape index (κ1) is 29.4. The zero-order valence-corrected chi connectivity index (χ0v) is 24.0. The average Bonchev–Trinajstić information content (AvgIpc) is 3.20. The highest BCUT2D eigenvalue weighted by atomic mass is 31.2. The van der Waals surface area contributed by atoms with Crippen molar-refractivity contribution in [2.24, 2.45) is 5.73 Å². The molecule has 0 spiro atoms. The van der Waals surface area contributed by atoms with Gasteiger partial charge in [-0.25, -0.2) is 0 Å². The van der Waals surface area contributed by atoms with Gasteiger partial charge in [0.2, 0.25) is 5.91 Å². The monoisotopic (exact) mass is 554 g/mol. The van der Waals surface area contributed by atoms with Crippen LogP contribution in [0, 0.1) is 0 Å². The Balaban J connectivity index is 1.73. The molecule has 0 bridgehead atoms. The summed E-state index contributed by atoms with van der Waals surface area (Å²) in [6.07, 6.45) is 10.7. The Labute approximate surface area is 231 Å². The molecule has 1 aliphatic rings. The van der Waals surface area contributed by atoms with Gasteiger partial charge in [-0.1, -0.05) is 69.4 Å². The molecule has 212 valence electrons. The summed E-state index contributed by atoms with van der Waals surface area (Å²) in [5.41, 5.74) is 11.5. The topological polar surface area (TPSA) is 115 Å². The largest absolute Gasteiger partial charge is 0.493 e. The molecule has 1 aliphatic carbocycles. The molecule has 0 saturated carbocycles. The van der Waals surface area contributed by atoms with Crippen molar-refractivity contribution in [3.8, 4) is 5.75 Å². The third-order valence-electron chi connectivity index (χ3n) is 7.83. The van der Waals surface area contributed by atoms with Gasteiger partial charge >= 0.3 is 7.60 Å². The van der Waals surface area contributed by atoms with Crippen LogP contribution >= 0.6 is 7.60 Å². The first-order valence-corrected chi connectivity index (χ1v) is 16.3. The Kier molecular flexibility index (Phi) is 10.3. The molecule has 0 radical (unpaired) electrons. The molecule has 3 aromatic rings. The van der Waals surface area contributed by atoms with Crippen LogP contribution in [0.5, 0.6) is 5.75 Å². The minimum atomic E-state index is -4.07. The number of primary amides is 1. The number of benzene rings is 2. The number of hydrogen-bond donors (Lipinski definition) is 3. The number of aromatic nitrogens is 1. The van der Waals surface area contributed by atoms with E-state index >= 15 is 0 Å². The predicted molar refractivity (Wildman–Crippen MR) is 156 cm³/mol. The Hall–Kier alpha value is -2.60. The van der Waals surface area contributed by atoms with E-state index in [1.807, 2.05) is 18.2 Å². The standard InChI is InChI=1S/C31H43N2O5P/c1-2-3-4-5-6-10-15-24-20-28-26(21-29(24)38-18-12-19-39(35,36)37)30-25(31(32)34)16-11-17-27(30)33(28)22-23-13-8-7-9-14-23/h7-9,13-14,20-21,25H,2-6,10-12,15-19,22H2,1H3,(H2,32,34)(H2,35,36,37). The van der Waals surface area contributed by atoms with Crippen LogP contribution in [-0.2, 0) is 28.7 Å². The van der Waals surface area contributed by atoms with Crippen LogP contribution in [0.2, 0.25) is 0 Å². The van der Waals surface area contributed by atoms with Crippen LogP contribution in [0.15, 0.2) is 42.5 Å². The van der Waals surface area contributed by atoms with E-state index in [1.54, 1.807) is 0 Å². The Bertz CT molecular complexity index is 1300. The normalized spacial score (nSPS) is 15.4. The zero-order valence-electron chi connectivity index (χ0n) is 23.1. The van der Waals surface area contributed by atoms with Gasteiger partial charge in [0.25, 0.3) is 0 Å². The lowest BCUT2D eigenvalue weighted by atomic mass is 9.84.